The van der Waals surface area contributed by atoms with Crippen LogP contribution < -0.4 is 4.90 Å². The second-order valence-corrected chi connectivity index (χ2v) is 17.3. The zero-order valence-electron chi connectivity index (χ0n) is 30.4. The van der Waals surface area contributed by atoms with Crippen LogP contribution in [0.15, 0.2) is 121 Å². The predicted octanol–water partition coefficient (Wildman–Crippen LogP) is 9.05. The summed E-state index contributed by atoms with van der Waals surface area (Å²) in [5, 5.41) is 4.84. The normalized spacial score (nSPS) is 18.2. The summed E-state index contributed by atoms with van der Waals surface area (Å²) in [7, 11) is -4.00. The van der Waals surface area contributed by atoms with Crippen LogP contribution in [0, 0.1) is 0 Å². The molecule has 0 saturated heterocycles. The lowest BCUT2D eigenvalue weighted by atomic mass is 9.79. The molecule has 2 aliphatic rings. The standard InChI is InChI=1S/C43H48N2O5S2/c1-42(2)38(44(28-14-16-30-51(46)47)36-26-24-32-18-10-12-20-34(32)40(36)42)22-8-6-5-7-9-23-39-43(3,4)41-35-21-13-11-19-33(35)25-27-37(41)45(39)29-15-17-31-52(48,49)50/h5-13,18-27H,14-17,28-31H2,1-4H3,(H-,46,47,48,49,50). The maximum Gasteiger partial charge on any atom is 0.264 e. The van der Waals surface area contributed by atoms with Gasteiger partial charge in [0.25, 0.3) is 10.1 Å². The fourth-order valence-corrected chi connectivity index (χ4v) is 9.09. The van der Waals surface area contributed by atoms with Gasteiger partial charge in [-0.3, -0.25) is 8.76 Å². The Balaban J connectivity index is 1.25. The molecule has 1 N–H and O–H groups in total. The molecule has 52 heavy (non-hydrogen) atoms. The van der Waals surface area contributed by atoms with Crippen molar-refractivity contribution in [3.63, 3.8) is 0 Å². The molecule has 1 atom stereocenters. The van der Waals surface area contributed by atoms with Gasteiger partial charge in [0, 0.05) is 53.2 Å². The lowest BCUT2D eigenvalue weighted by Crippen LogP contribution is -2.28. The number of allylic oxidation sites excluding steroid dienone is 8. The van der Waals surface area contributed by atoms with E-state index in [1.54, 1.807) is 0 Å². The number of hydrogen-bond acceptors (Lipinski definition) is 5. The Morgan fingerprint density at radius 1 is 0.769 bits per heavy atom. The van der Waals surface area contributed by atoms with Gasteiger partial charge in [0.05, 0.1) is 11.2 Å². The number of fused-ring (bicyclic) bond motifs is 6. The molecule has 0 spiro atoms. The quantitative estimate of drug-likeness (QED) is 0.0456. The molecule has 0 radical (unpaired) electrons. The van der Waals surface area contributed by atoms with E-state index >= 15 is 0 Å². The Labute approximate surface area is 310 Å². The van der Waals surface area contributed by atoms with Crippen LogP contribution in [0.5, 0.6) is 0 Å². The third kappa shape index (κ3) is 7.78. The summed E-state index contributed by atoms with van der Waals surface area (Å²) in [5.74, 6) is -0.0731. The first-order valence-electron chi connectivity index (χ1n) is 18.0. The van der Waals surface area contributed by atoms with Gasteiger partial charge in [-0.1, -0.05) is 110 Å². The number of nitrogens with zero attached hydrogens (tertiary/aromatic N) is 2. The third-order valence-electron chi connectivity index (χ3n) is 10.4. The average Bonchev–Trinajstić information content (AvgIpc) is 3.45. The molecule has 4 aromatic rings. The first-order valence-corrected chi connectivity index (χ1v) is 20.9. The van der Waals surface area contributed by atoms with E-state index in [1.807, 2.05) is 18.2 Å². The largest absolute Gasteiger partial charge is 0.772 e. The molecular weight excluding hydrogens is 689 g/mol. The van der Waals surface area contributed by atoms with Crippen molar-refractivity contribution >= 4 is 59.8 Å². The molecule has 2 heterocycles. The summed E-state index contributed by atoms with van der Waals surface area (Å²) < 4.78 is 56.7. The highest BCUT2D eigenvalue weighted by molar-refractivity contribution is 7.85. The highest BCUT2D eigenvalue weighted by atomic mass is 32.2. The van der Waals surface area contributed by atoms with Crippen molar-refractivity contribution in [3.8, 4) is 0 Å². The molecule has 4 aromatic carbocycles. The van der Waals surface area contributed by atoms with Gasteiger partial charge in [-0.25, -0.2) is 0 Å². The van der Waals surface area contributed by atoms with Crippen LogP contribution in [-0.4, -0.2) is 56.6 Å². The number of anilines is 1. The van der Waals surface area contributed by atoms with Crippen molar-refractivity contribution in [1.82, 2.24) is 0 Å². The molecule has 0 amide bonds. The SMILES string of the molecule is CC1(C)C(=CC=CC=CC=CC2=[N+](CCCCS(=O)[O-])c3ccc4ccccc4c3C2(C)C)N(CCCCS(=O)(=O)O)c2ccc3ccccc3c21. The Hall–Kier alpha value is -4.15. The lowest BCUT2D eigenvalue weighted by Gasteiger charge is -2.27. The van der Waals surface area contributed by atoms with E-state index in [0.717, 1.165) is 24.4 Å². The van der Waals surface area contributed by atoms with Gasteiger partial charge >= 0.3 is 0 Å². The van der Waals surface area contributed by atoms with Gasteiger partial charge < -0.3 is 9.45 Å². The molecule has 272 valence electrons. The first-order chi connectivity index (χ1) is 24.8. The van der Waals surface area contributed by atoms with Crippen molar-refractivity contribution in [1.29, 1.82) is 0 Å². The van der Waals surface area contributed by atoms with Gasteiger partial charge in [0.2, 0.25) is 5.69 Å². The molecule has 9 heteroatoms. The van der Waals surface area contributed by atoms with Crippen molar-refractivity contribution in [3.05, 3.63) is 132 Å². The monoisotopic (exact) mass is 736 g/mol. The molecule has 2 aliphatic heterocycles. The molecule has 0 bridgehead atoms. The summed E-state index contributed by atoms with van der Waals surface area (Å²) in [6.07, 6.45) is 16.9. The van der Waals surface area contributed by atoms with E-state index in [9.17, 15) is 21.7 Å². The maximum atomic E-state index is 11.4. The summed E-state index contributed by atoms with van der Waals surface area (Å²) in [4.78, 5) is 2.29. The minimum Gasteiger partial charge on any atom is -0.772 e. The van der Waals surface area contributed by atoms with E-state index in [0.29, 0.717) is 25.8 Å². The van der Waals surface area contributed by atoms with E-state index in [4.69, 9.17) is 0 Å². The Bertz CT molecular complexity index is 2280. The minimum atomic E-state index is -4.00. The minimum absolute atomic E-state index is 0.171. The van der Waals surface area contributed by atoms with Crippen LogP contribution >= 0.6 is 0 Å². The number of unbranched alkanes of at least 4 members (excludes halogenated alkanes) is 2. The molecule has 1 unspecified atom stereocenters. The Morgan fingerprint density at radius 2 is 1.40 bits per heavy atom. The van der Waals surface area contributed by atoms with E-state index < -0.39 is 21.2 Å². The zero-order chi connectivity index (χ0) is 37.1. The second-order valence-electron chi connectivity index (χ2n) is 14.7. The van der Waals surface area contributed by atoms with Crippen molar-refractivity contribution in [2.45, 2.75) is 64.2 Å². The van der Waals surface area contributed by atoms with Gasteiger partial charge in [-0.2, -0.15) is 13.0 Å². The molecule has 0 saturated carbocycles. The van der Waals surface area contributed by atoms with E-state index in [-0.39, 0.29) is 22.3 Å². The van der Waals surface area contributed by atoms with Crippen molar-refractivity contribution < 1.29 is 26.3 Å². The third-order valence-corrected chi connectivity index (χ3v) is 11.9. The van der Waals surface area contributed by atoms with E-state index in [2.05, 4.69) is 134 Å². The van der Waals surface area contributed by atoms with Gasteiger partial charge in [-0.15, -0.1) is 0 Å². The van der Waals surface area contributed by atoms with E-state index in [1.165, 1.54) is 44.1 Å². The van der Waals surface area contributed by atoms with Crippen LogP contribution in [0.4, 0.5) is 11.4 Å². The number of benzene rings is 4. The molecule has 0 fully saturated rings. The van der Waals surface area contributed by atoms with Crippen LogP contribution in [0.25, 0.3) is 21.5 Å². The van der Waals surface area contributed by atoms with Gasteiger partial charge in [0.1, 0.15) is 6.54 Å². The zero-order valence-corrected chi connectivity index (χ0v) is 32.1. The highest BCUT2D eigenvalue weighted by Crippen LogP contribution is 2.51. The summed E-state index contributed by atoms with van der Waals surface area (Å²) in [6.45, 7) is 10.4. The first kappa shape index (κ1) is 37.6. The van der Waals surface area contributed by atoms with Crippen LogP contribution in [0.3, 0.4) is 0 Å². The van der Waals surface area contributed by atoms with Crippen LogP contribution in [-0.2, 0) is 32.0 Å². The van der Waals surface area contributed by atoms with Crippen molar-refractivity contribution in [2.75, 3.05) is 29.5 Å². The second kappa shape index (κ2) is 15.4. The number of hydrogen-bond donors (Lipinski definition) is 1. The Kier molecular flexibility index (Phi) is 11.2. The topological polar surface area (TPSA) is 101 Å². The Morgan fingerprint density at radius 3 is 2.10 bits per heavy atom. The predicted molar refractivity (Wildman–Crippen MR) is 215 cm³/mol. The number of rotatable bonds is 14. The fraction of sp³-hybridized carbons (Fsp3) is 0.326. The smallest absolute Gasteiger partial charge is 0.264 e. The fourth-order valence-electron chi connectivity index (χ4n) is 8.08. The van der Waals surface area contributed by atoms with Crippen LogP contribution in [0.1, 0.15) is 64.5 Å². The van der Waals surface area contributed by atoms with Crippen LogP contribution in [0.2, 0.25) is 0 Å². The van der Waals surface area contributed by atoms with Gasteiger partial charge in [-0.05, 0) is 78.4 Å². The molecule has 0 aromatic heterocycles. The molecule has 7 nitrogen and oxygen atoms in total. The molecule has 6 rings (SSSR count). The maximum absolute atomic E-state index is 11.4. The molecule has 0 aliphatic carbocycles. The average molecular weight is 737 g/mol. The summed E-state index contributed by atoms with van der Waals surface area (Å²) >= 11 is -2.03. The highest BCUT2D eigenvalue weighted by Gasteiger charge is 2.45. The lowest BCUT2D eigenvalue weighted by molar-refractivity contribution is -0.438. The van der Waals surface area contributed by atoms with Gasteiger partial charge in [0.15, 0.2) is 5.71 Å². The summed E-state index contributed by atoms with van der Waals surface area (Å²) in [6, 6.07) is 25.6. The molecular formula is C43H48N2O5S2. The summed E-state index contributed by atoms with van der Waals surface area (Å²) in [5.41, 5.74) is 6.64. The van der Waals surface area contributed by atoms with Crippen molar-refractivity contribution in [2.24, 2.45) is 0 Å².